The molecule has 0 saturated carbocycles. The predicted octanol–water partition coefficient (Wildman–Crippen LogP) is -0.440. The summed E-state index contributed by atoms with van der Waals surface area (Å²) in [7, 11) is 0. The second-order valence-corrected chi connectivity index (χ2v) is 2.37. The highest BCUT2D eigenvalue weighted by atomic mass is 14.7. The van der Waals surface area contributed by atoms with Crippen molar-refractivity contribution in [2.24, 2.45) is 5.73 Å². The molecule has 38 valence electrons. The van der Waals surface area contributed by atoms with Crippen molar-refractivity contribution in [1.29, 1.82) is 0 Å². The maximum atomic E-state index is 5.35. The Labute approximate surface area is 41.5 Å². The Morgan fingerprint density at radius 3 is 1.17 bits per heavy atom. The SMILES string of the molecule is B.CC(C)(C)N. The average molecular weight is 87.0 g/mol. The Bertz CT molecular complexity index is 23.0. The molecule has 1 nitrogen and oxygen atoms in total. The second-order valence-electron chi connectivity index (χ2n) is 2.37. The quantitative estimate of drug-likeness (QED) is 0.398. The van der Waals surface area contributed by atoms with Gasteiger partial charge in [0.25, 0.3) is 0 Å². The molecule has 0 rings (SSSR count). The van der Waals surface area contributed by atoms with Crippen molar-refractivity contribution in [3.63, 3.8) is 0 Å². The average Bonchev–Trinajstić information content (AvgIpc) is 0.722. The highest BCUT2D eigenvalue weighted by Crippen LogP contribution is 1.88. The first-order valence-electron chi connectivity index (χ1n) is 1.79. The van der Waals surface area contributed by atoms with Crippen molar-refractivity contribution >= 4 is 8.41 Å². The van der Waals surface area contributed by atoms with Crippen LogP contribution < -0.4 is 5.73 Å². The van der Waals surface area contributed by atoms with E-state index >= 15 is 0 Å². The van der Waals surface area contributed by atoms with Crippen molar-refractivity contribution in [2.75, 3.05) is 0 Å². The summed E-state index contributed by atoms with van der Waals surface area (Å²) >= 11 is 0. The largest absolute Gasteiger partial charge is 0.326 e. The van der Waals surface area contributed by atoms with Gasteiger partial charge in [0.1, 0.15) is 0 Å². The van der Waals surface area contributed by atoms with E-state index in [0.29, 0.717) is 0 Å². The number of rotatable bonds is 0. The third-order valence-electron chi connectivity index (χ3n) is 0. The van der Waals surface area contributed by atoms with Gasteiger partial charge in [0.15, 0.2) is 0 Å². The minimum atomic E-state index is 0. The normalized spacial score (nSPS) is 10.0. The fraction of sp³-hybridized carbons (Fsp3) is 1.00. The van der Waals surface area contributed by atoms with Crippen LogP contribution in [0.15, 0.2) is 0 Å². The Kier molecular flexibility index (Phi) is 3.51. The molecule has 0 unspecified atom stereocenters. The summed E-state index contributed by atoms with van der Waals surface area (Å²) in [6, 6.07) is 0. The lowest BCUT2D eigenvalue weighted by Crippen LogP contribution is -2.26. The van der Waals surface area contributed by atoms with Crippen LogP contribution in [-0.2, 0) is 0 Å². The third-order valence-corrected chi connectivity index (χ3v) is 0. The van der Waals surface area contributed by atoms with E-state index in [0.717, 1.165) is 0 Å². The molecule has 0 radical (unpaired) electrons. The molecule has 0 aromatic rings. The smallest absolute Gasteiger partial charge is 0.0814 e. The van der Waals surface area contributed by atoms with Crippen LogP contribution in [0.5, 0.6) is 0 Å². The zero-order chi connectivity index (χ0) is 4.50. The van der Waals surface area contributed by atoms with Gasteiger partial charge in [-0.25, -0.2) is 0 Å². The molecule has 2 heteroatoms. The van der Waals surface area contributed by atoms with E-state index in [1.54, 1.807) is 0 Å². The van der Waals surface area contributed by atoms with Crippen molar-refractivity contribution in [2.45, 2.75) is 26.3 Å². The van der Waals surface area contributed by atoms with Crippen LogP contribution in [0.25, 0.3) is 0 Å². The van der Waals surface area contributed by atoms with E-state index in [4.69, 9.17) is 5.73 Å². The summed E-state index contributed by atoms with van der Waals surface area (Å²) in [6.07, 6.45) is 0. The number of hydrogen-bond acceptors (Lipinski definition) is 1. The summed E-state index contributed by atoms with van der Waals surface area (Å²) in [6.45, 7) is 5.90. The molecule has 0 amide bonds. The molecular weight excluding hydrogens is 72.9 g/mol. The molecule has 0 spiro atoms. The molecule has 0 bridgehead atoms. The molecule has 0 aromatic heterocycles. The van der Waals surface area contributed by atoms with Gasteiger partial charge in [0.05, 0.1) is 8.41 Å². The van der Waals surface area contributed by atoms with Crippen LogP contribution in [0.3, 0.4) is 0 Å². The molecule has 6 heavy (non-hydrogen) atoms. The van der Waals surface area contributed by atoms with Crippen molar-refractivity contribution in [1.82, 2.24) is 0 Å². The molecule has 0 aliphatic heterocycles. The first-order valence-corrected chi connectivity index (χ1v) is 1.79. The van der Waals surface area contributed by atoms with Gasteiger partial charge in [-0.2, -0.15) is 0 Å². The van der Waals surface area contributed by atoms with Gasteiger partial charge in [-0.05, 0) is 20.8 Å². The maximum Gasteiger partial charge on any atom is 0.0814 e. The third kappa shape index (κ3) is 59200. The first kappa shape index (κ1) is 9.39. The zero-order valence-corrected chi connectivity index (χ0v) is 4.08. The van der Waals surface area contributed by atoms with E-state index in [-0.39, 0.29) is 14.0 Å². The van der Waals surface area contributed by atoms with Gasteiger partial charge in [-0.15, -0.1) is 0 Å². The van der Waals surface area contributed by atoms with Gasteiger partial charge >= 0.3 is 0 Å². The summed E-state index contributed by atoms with van der Waals surface area (Å²) < 4.78 is 0. The summed E-state index contributed by atoms with van der Waals surface area (Å²) in [4.78, 5) is 0. The molecule has 0 heterocycles. The Balaban J connectivity index is 0. The number of nitrogens with two attached hydrogens (primary N) is 1. The highest BCUT2D eigenvalue weighted by Gasteiger charge is 1.95. The van der Waals surface area contributed by atoms with Crippen LogP contribution in [-0.4, -0.2) is 14.0 Å². The topological polar surface area (TPSA) is 26.0 Å². The van der Waals surface area contributed by atoms with Crippen LogP contribution in [0.1, 0.15) is 20.8 Å². The van der Waals surface area contributed by atoms with Gasteiger partial charge in [-0.3, -0.25) is 0 Å². The molecule has 0 aliphatic rings. The van der Waals surface area contributed by atoms with Gasteiger partial charge in [-0.1, -0.05) is 0 Å². The highest BCUT2D eigenvalue weighted by molar-refractivity contribution is 5.75. The first-order chi connectivity index (χ1) is 2.00. The Hall–Kier alpha value is 0.0249. The zero-order valence-electron chi connectivity index (χ0n) is 4.08. The van der Waals surface area contributed by atoms with Gasteiger partial charge in [0.2, 0.25) is 0 Å². The second kappa shape index (κ2) is 2.24. The molecule has 0 atom stereocenters. The fourth-order valence-corrected chi connectivity index (χ4v) is 0. The van der Waals surface area contributed by atoms with Crippen LogP contribution in [0.2, 0.25) is 0 Å². The minimum absolute atomic E-state index is 0. The molecule has 0 aromatic carbocycles. The van der Waals surface area contributed by atoms with Crippen molar-refractivity contribution < 1.29 is 0 Å². The van der Waals surface area contributed by atoms with Crippen molar-refractivity contribution in [3.05, 3.63) is 0 Å². The van der Waals surface area contributed by atoms with Crippen molar-refractivity contribution in [3.8, 4) is 0 Å². The lowest BCUT2D eigenvalue weighted by Gasteiger charge is -2.06. The molecule has 2 N–H and O–H groups in total. The minimum Gasteiger partial charge on any atom is -0.326 e. The standard InChI is InChI=1S/C4H11N.BH3/c1-4(2,3)5;/h5H2,1-3H3;1H3. The monoisotopic (exact) mass is 87.1 g/mol. The van der Waals surface area contributed by atoms with E-state index in [9.17, 15) is 0 Å². The van der Waals surface area contributed by atoms with E-state index in [1.165, 1.54) is 0 Å². The summed E-state index contributed by atoms with van der Waals surface area (Å²) in [5.41, 5.74) is 5.35. The lowest BCUT2D eigenvalue weighted by molar-refractivity contribution is 0.580. The summed E-state index contributed by atoms with van der Waals surface area (Å²) in [5.74, 6) is 0. The van der Waals surface area contributed by atoms with E-state index < -0.39 is 0 Å². The molecule has 0 saturated heterocycles. The summed E-state index contributed by atoms with van der Waals surface area (Å²) in [5, 5.41) is 0. The molecule has 0 fully saturated rings. The lowest BCUT2D eigenvalue weighted by atomic mass is 10.1. The van der Waals surface area contributed by atoms with E-state index in [2.05, 4.69) is 0 Å². The molecular formula is C4H14BN. The predicted molar refractivity (Wildman–Crippen MR) is 33.9 cm³/mol. The Morgan fingerprint density at radius 1 is 1.17 bits per heavy atom. The van der Waals surface area contributed by atoms with Crippen LogP contribution >= 0.6 is 0 Å². The van der Waals surface area contributed by atoms with E-state index in [1.807, 2.05) is 20.8 Å². The maximum absolute atomic E-state index is 5.35. The Morgan fingerprint density at radius 2 is 1.17 bits per heavy atom. The fourth-order valence-electron chi connectivity index (χ4n) is 0. The van der Waals surface area contributed by atoms with Gasteiger partial charge < -0.3 is 5.73 Å². The number of hydrogen-bond donors (Lipinski definition) is 1. The van der Waals surface area contributed by atoms with Crippen LogP contribution in [0.4, 0.5) is 0 Å². The van der Waals surface area contributed by atoms with Gasteiger partial charge in [0, 0.05) is 5.54 Å². The molecule has 0 aliphatic carbocycles. The van der Waals surface area contributed by atoms with Crippen LogP contribution in [0, 0.1) is 0 Å².